The molecule has 1 heterocycles. The van der Waals surface area contributed by atoms with E-state index in [4.69, 9.17) is 0 Å². The molecule has 0 bridgehead atoms. The molecule has 0 saturated heterocycles. The van der Waals surface area contributed by atoms with Gasteiger partial charge >= 0.3 is 0 Å². The van der Waals surface area contributed by atoms with Crippen LogP contribution in [-0.4, -0.2) is 9.97 Å². The van der Waals surface area contributed by atoms with Crippen LogP contribution >= 0.6 is 22.6 Å². The smallest absolute Gasteiger partial charge is 0.125 e. The fraction of sp³-hybridized carbons (Fsp3) is 0.500. The molecule has 1 unspecified atom stereocenters. The minimum absolute atomic E-state index is 0.466. The summed E-state index contributed by atoms with van der Waals surface area (Å²) in [4.78, 5) is 8.52. The van der Waals surface area contributed by atoms with Gasteiger partial charge in [0.1, 0.15) is 5.82 Å². The van der Waals surface area contributed by atoms with Gasteiger partial charge in [-0.05, 0) is 26.8 Å². The van der Waals surface area contributed by atoms with E-state index in [9.17, 15) is 0 Å². The average Bonchev–Trinajstić information content (AvgIpc) is 1.85. The molecule has 0 N–H and O–H groups in total. The van der Waals surface area contributed by atoms with Crippen molar-refractivity contribution in [3.63, 3.8) is 0 Å². The first-order valence-electron chi connectivity index (χ1n) is 3.56. The maximum absolute atomic E-state index is 4.31. The highest BCUT2D eigenvalue weighted by Crippen LogP contribution is 2.20. The normalized spacial score (nSPS) is 13.1. The number of hydrogen-bond acceptors (Lipinski definition) is 2. The topological polar surface area (TPSA) is 25.8 Å². The van der Waals surface area contributed by atoms with Crippen molar-refractivity contribution in [2.45, 2.75) is 24.7 Å². The lowest BCUT2D eigenvalue weighted by Crippen LogP contribution is -1.97. The van der Waals surface area contributed by atoms with Gasteiger partial charge in [-0.2, -0.15) is 0 Å². The summed E-state index contributed by atoms with van der Waals surface area (Å²) in [6.45, 7) is 6.05. The van der Waals surface area contributed by atoms with Gasteiger partial charge in [-0.25, -0.2) is 9.97 Å². The summed E-state index contributed by atoms with van der Waals surface area (Å²) in [5.41, 5.74) is 2.17. The fourth-order valence-corrected chi connectivity index (χ4v) is 1.27. The Morgan fingerprint density at radius 2 is 2.00 bits per heavy atom. The summed E-state index contributed by atoms with van der Waals surface area (Å²) < 4.78 is 0.466. The Labute approximate surface area is 80.6 Å². The van der Waals surface area contributed by atoms with Gasteiger partial charge in [0.15, 0.2) is 0 Å². The number of halogens is 1. The zero-order valence-corrected chi connectivity index (χ0v) is 9.08. The molecule has 0 amide bonds. The van der Waals surface area contributed by atoms with E-state index in [-0.39, 0.29) is 0 Å². The second-order valence-electron chi connectivity index (χ2n) is 2.60. The summed E-state index contributed by atoms with van der Waals surface area (Å²) in [5.74, 6) is 0.864. The minimum Gasteiger partial charge on any atom is -0.239 e. The number of rotatable bonds is 1. The van der Waals surface area contributed by atoms with Crippen LogP contribution in [0.4, 0.5) is 0 Å². The molecule has 0 aliphatic carbocycles. The van der Waals surface area contributed by atoms with Crippen molar-refractivity contribution in [1.82, 2.24) is 9.97 Å². The summed E-state index contributed by atoms with van der Waals surface area (Å²) >= 11 is 2.35. The predicted molar refractivity (Wildman–Crippen MR) is 53.9 cm³/mol. The highest BCUT2D eigenvalue weighted by Gasteiger charge is 2.03. The maximum atomic E-state index is 4.31. The molecule has 2 nitrogen and oxygen atoms in total. The third-order valence-corrected chi connectivity index (χ3v) is 2.03. The summed E-state index contributed by atoms with van der Waals surface area (Å²) in [5, 5.41) is 0. The van der Waals surface area contributed by atoms with Gasteiger partial charge in [-0.1, -0.05) is 22.6 Å². The summed E-state index contributed by atoms with van der Waals surface area (Å²) in [7, 11) is 0. The van der Waals surface area contributed by atoms with Crippen molar-refractivity contribution in [3.8, 4) is 0 Å². The molecule has 60 valence electrons. The van der Waals surface area contributed by atoms with Gasteiger partial charge in [0.25, 0.3) is 0 Å². The first-order valence-corrected chi connectivity index (χ1v) is 4.80. The van der Waals surface area contributed by atoms with E-state index in [0.29, 0.717) is 3.92 Å². The molecule has 0 aromatic carbocycles. The van der Waals surface area contributed by atoms with Gasteiger partial charge in [0, 0.05) is 5.69 Å². The van der Waals surface area contributed by atoms with E-state index in [1.54, 1.807) is 0 Å². The third-order valence-electron chi connectivity index (χ3n) is 1.39. The first kappa shape index (κ1) is 8.90. The summed E-state index contributed by atoms with van der Waals surface area (Å²) in [6, 6.07) is 2.03. The Morgan fingerprint density at radius 3 is 2.45 bits per heavy atom. The molecule has 0 aliphatic rings. The average molecular weight is 262 g/mol. The lowest BCUT2D eigenvalue weighted by atomic mass is 10.3. The van der Waals surface area contributed by atoms with E-state index < -0.39 is 0 Å². The van der Waals surface area contributed by atoms with E-state index in [1.165, 1.54) is 0 Å². The van der Waals surface area contributed by atoms with Crippen molar-refractivity contribution < 1.29 is 0 Å². The molecule has 11 heavy (non-hydrogen) atoms. The van der Waals surface area contributed by atoms with Gasteiger partial charge < -0.3 is 0 Å². The maximum Gasteiger partial charge on any atom is 0.125 e. The molecular formula is C8H11IN2. The number of aryl methyl sites for hydroxylation is 2. The molecule has 1 atom stereocenters. The lowest BCUT2D eigenvalue weighted by molar-refractivity contribution is 0.929. The fourth-order valence-electron chi connectivity index (χ4n) is 0.949. The van der Waals surface area contributed by atoms with Crippen LogP contribution < -0.4 is 0 Å². The molecule has 3 heteroatoms. The van der Waals surface area contributed by atoms with Crippen molar-refractivity contribution in [3.05, 3.63) is 23.3 Å². The number of nitrogens with zero attached hydrogens (tertiary/aromatic N) is 2. The molecule has 0 spiro atoms. The molecule has 1 aromatic heterocycles. The molecule has 0 aliphatic heterocycles. The Kier molecular flexibility index (Phi) is 2.81. The van der Waals surface area contributed by atoms with Crippen LogP contribution in [0.15, 0.2) is 6.07 Å². The second-order valence-corrected chi connectivity index (χ2v) is 4.47. The minimum atomic E-state index is 0.466. The van der Waals surface area contributed by atoms with Gasteiger partial charge in [0.05, 0.1) is 9.62 Å². The molecule has 0 radical (unpaired) electrons. The Balaban J connectivity index is 3.08. The van der Waals surface area contributed by atoms with E-state index in [1.807, 2.05) is 19.9 Å². The van der Waals surface area contributed by atoms with E-state index in [2.05, 4.69) is 39.5 Å². The van der Waals surface area contributed by atoms with E-state index in [0.717, 1.165) is 17.2 Å². The zero-order chi connectivity index (χ0) is 8.43. The van der Waals surface area contributed by atoms with Crippen LogP contribution in [0.5, 0.6) is 0 Å². The van der Waals surface area contributed by atoms with Crippen LogP contribution in [0.2, 0.25) is 0 Å². The Hall–Kier alpha value is -0.190. The lowest BCUT2D eigenvalue weighted by Gasteiger charge is -2.03. The zero-order valence-electron chi connectivity index (χ0n) is 6.93. The Bertz CT molecular complexity index is 238. The van der Waals surface area contributed by atoms with Crippen LogP contribution in [-0.2, 0) is 0 Å². The predicted octanol–water partition coefficient (Wildman–Crippen LogP) is 2.59. The molecule has 1 rings (SSSR count). The highest BCUT2D eigenvalue weighted by molar-refractivity contribution is 14.1. The van der Waals surface area contributed by atoms with Crippen LogP contribution in [0, 0.1) is 13.8 Å². The molecule has 0 fully saturated rings. The monoisotopic (exact) mass is 262 g/mol. The number of hydrogen-bond donors (Lipinski definition) is 0. The quantitative estimate of drug-likeness (QED) is 0.574. The SMILES string of the molecule is Cc1cc(C(C)I)nc(C)n1. The largest absolute Gasteiger partial charge is 0.239 e. The van der Waals surface area contributed by atoms with Crippen molar-refractivity contribution in [2.75, 3.05) is 0 Å². The van der Waals surface area contributed by atoms with Gasteiger partial charge in [0.2, 0.25) is 0 Å². The van der Waals surface area contributed by atoms with Crippen LogP contribution in [0.25, 0.3) is 0 Å². The Morgan fingerprint density at radius 1 is 1.36 bits per heavy atom. The molecule has 1 aromatic rings. The number of alkyl halides is 1. The van der Waals surface area contributed by atoms with Crippen molar-refractivity contribution in [2.24, 2.45) is 0 Å². The highest BCUT2D eigenvalue weighted by atomic mass is 127. The second kappa shape index (κ2) is 3.47. The van der Waals surface area contributed by atoms with E-state index >= 15 is 0 Å². The third kappa shape index (κ3) is 2.39. The molecular weight excluding hydrogens is 251 g/mol. The summed E-state index contributed by atoms with van der Waals surface area (Å²) in [6.07, 6.45) is 0. The van der Waals surface area contributed by atoms with Crippen molar-refractivity contribution >= 4 is 22.6 Å². The molecule has 0 saturated carbocycles. The van der Waals surface area contributed by atoms with Crippen LogP contribution in [0.1, 0.15) is 28.1 Å². The van der Waals surface area contributed by atoms with Gasteiger partial charge in [-0.15, -0.1) is 0 Å². The van der Waals surface area contributed by atoms with Gasteiger partial charge in [-0.3, -0.25) is 0 Å². The number of aromatic nitrogens is 2. The standard InChI is InChI=1S/C8H11IN2/c1-5-4-8(6(2)9)11-7(3)10-5/h4,6H,1-3H3. The first-order chi connectivity index (χ1) is 5.09. The van der Waals surface area contributed by atoms with Crippen molar-refractivity contribution in [1.29, 1.82) is 0 Å². The van der Waals surface area contributed by atoms with Crippen LogP contribution in [0.3, 0.4) is 0 Å².